The molecule has 2 aromatic carbocycles. The maximum absolute atomic E-state index is 12.8. The Kier molecular flexibility index (Phi) is 8.75. The molecule has 2 aliphatic heterocycles. The van der Waals surface area contributed by atoms with E-state index < -0.39 is 11.1 Å². The second-order valence-corrected chi connectivity index (χ2v) is 10.1. The highest BCUT2D eigenvalue weighted by molar-refractivity contribution is 8.18. The summed E-state index contributed by atoms with van der Waals surface area (Å²) in [5.41, 5.74) is 2.00. The summed E-state index contributed by atoms with van der Waals surface area (Å²) >= 11 is 13.1. The number of hydrogen-bond acceptors (Lipinski definition) is 7. The molecule has 4 rings (SSSR count). The Morgan fingerprint density at radius 1 is 1.11 bits per heavy atom. The SMILES string of the molecule is Cc1ccc(NC(=O)COc2ccc(/C=C3\SC(=O)N(CC(=O)N4CCOCC4)C3=O)cc2Cl)cc1Cl. The molecule has 2 heterocycles. The number of amides is 4. The van der Waals surface area contributed by atoms with E-state index in [9.17, 15) is 19.2 Å². The molecule has 9 nitrogen and oxygen atoms in total. The number of halogens is 2. The molecular formula is C25H23Cl2N3O6S. The number of ether oxygens (including phenoxy) is 2. The first-order valence-corrected chi connectivity index (χ1v) is 12.9. The van der Waals surface area contributed by atoms with E-state index in [0.29, 0.717) is 42.6 Å². The van der Waals surface area contributed by atoms with Crippen LogP contribution in [-0.4, -0.2) is 72.2 Å². The summed E-state index contributed by atoms with van der Waals surface area (Å²) in [6.45, 7) is 2.99. The standard InChI is InChI=1S/C25H23Cl2N3O6S/c1-15-2-4-17(12-18(15)26)28-22(31)14-36-20-5-3-16(10-19(20)27)11-21-24(33)30(25(34)37-21)13-23(32)29-6-8-35-9-7-29/h2-5,10-12H,6-9,13-14H2,1H3,(H,28,31)/b21-11-. The van der Waals surface area contributed by atoms with E-state index in [1.807, 2.05) is 6.92 Å². The summed E-state index contributed by atoms with van der Waals surface area (Å²) in [6, 6.07) is 9.95. The van der Waals surface area contributed by atoms with Crippen LogP contribution in [0.4, 0.5) is 10.5 Å². The van der Waals surface area contributed by atoms with Crippen LogP contribution >= 0.6 is 35.0 Å². The summed E-state index contributed by atoms with van der Waals surface area (Å²) < 4.78 is 10.7. The van der Waals surface area contributed by atoms with Crippen molar-refractivity contribution < 1.29 is 28.7 Å². The number of anilines is 1. The van der Waals surface area contributed by atoms with Gasteiger partial charge in [0.15, 0.2) is 6.61 Å². The van der Waals surface area contributed by atoms with Crippen LogP contribution < -0.4 is 10.1 Å². The van der Waals surface area contributed by atoms with Crippen LogP contribution in [-0.2, 0) is 19.1 Å². The highest BCUT2D eigenvalue weighted by Gasteiger charge is 2.37. The molecule has 0 aliphatic carbocycles. The van der Waals surface area contributed by atoms with E-state index in [4.69, 9.17) is 32.7 Å². The van der Waals surface area contributed by atoms with Gasteiger partial charge in [-0.3, -0.25) is 24.1 Å². The van der Waals surface area contributed by atoms with Crippen molar-refractivity contribution in [3.8, 4) is 5.75 Å². The van der Waals surface area contributed by atoms with Crippen molar-refractivity contribution in [1.29, 1.82) is 0 Å². The fourth-order valence-corrected chi connectivity index (χ4v) is 4.83. The Labute approximate surface area is 227 Å². The van der Waals surface area contributed by atoms with Gasteiger partial charge in [-0.25, -0.2) is 0 Å². The van der Waals surface area contributed by atoms with Crippen molar-refractivity contribution in [3.05, 3.63) is 62.5 Å². The van der Waals surface area contributed by atoms with E-state index >= 15 is 0 Å². The molecule has 2 aromatic rings. The number of rotatable bonds is 7. The van der Waals surface area contributed by atoms with Crippen LogP contribution in [0.15, 0.2) is 41.3 Å². The van der Waals surface area contributed by atoms with Crippen LogP contribution in [0.3, 0.4) is 0 Å². The van der Waals surface area contributed by atoms with Gasteiger partial charge in [-0.05, 0) is 60.2 Å². The number of imide groups is 1. The maximum Gasteiger partial charge on any atom is 0.294 e. The average Bonchev–Trinajstić information content (AvgIpc) is 3.13. The first-order chi connectivity index (χ1) is 17.7. The lowest BCUT2D eigenvalue weighted by Crippen LogP contribution is -2.46. The predicted octanol–water partition coefficient (Wildman–Crippen LogP) is 4.21. The van der Waals surface area contributed by atoms with E-state index in [1.165, 1.54) is 6.08 Å². The second kappa shape index (κ2) is 12.0. The summed E-state index contributed by atoms with van der Waals surface area (Å²) in [4.78, 5) is 52.5. The molecule has 0 aromatic heterocycles. The van der Waals surface area contributed by atoms with Gasteiger partial charge in [-0.1, -0.05) is 35.3 Å². The van der Waals surface area contributed by atoms with Crippen molar-refractivity contribution in [2.24, 2.45) is 0 Å². The third-order valence-corrected chi connectivity index (χ3v) is 7.21. The lowest BCUT2D eigenvalue weighted by Gasteiger charge is -2.28. The minimum atomic E-state index is -0.541. The molecule has 0 radical (unpaired) electrons. The van der Waals surface area contributed by atoms with Gasteiger partial charge in [0, 0.05) is 23.8 Å². The minimum Gasteiger partial charge on any atom is -0.482 e. The van der Waals surface area contributed by atoms with Gasteiger partial charge in [0.25, 0.3) is 17.1 Å². The molecule has 2 fully saturated rings. The summed E-state index contributed by atoms with van der Waals surface area (Å²) in [7, 11) is 0. The Bertz CT molecular complexity index is 1280. The fraction of sp³-hybridized carbons (Fsp3) is 0.280. The van der Waals surface area contributed by atoms with Crippen LogP contribution in [0, 0.1) is 6.92 Å². The highest BCUT2D eigenvalue weighted by Crippen LogP contribution is 2.34. The van der Waals surface area contributed by atoms with E-state index in [2.05, 4.69) is 5.32 Å². The zero-order valence-electron chi connectivity index (χ0n) is 19.8. The highest BCUT2D eigenvalue weighted by atomic mass is 35.5. The van der Waals surface area contributed by atoms with Crippen molar-refractivity contribution in [2.45, 2.75) is 6.92 Å². The number of morpholine rings is 1. The Balaban J connectivity index is 1.34. The number of nitrogens with zero attached hydrogens (tertiary/aromatic N) is 2. The fourth-order valence-electron chi connectivity index (χ4n) is 3.57. The van der Waals surface area contributed by atoms with Gasteiger partial charge >= 0.3 is 0 Å². The van der Waals surface area contributed by atoms with Crippen molar-refractivity contribution in [1.82, 2.24) is 9.80 Å². The quantitative estimate of drug-likeness (QED) is 0.503. The van der Waals surface area contributed by atoms with Crippen LogP contribution in [0.25, 0.3) is 6.08 Å². The number of hydrogen-bond donors (Lipinski definition) is 1. The lowest BCUT2D eigenvalue weighted by molar-refractivity contribution is -0.139. The van der Waals surface area contributed by atoms with Gasteiger partial charge in [0.05, 0.1) is 23.1 Å². The van der Waals surface area contributed by atoms with Gasteiger partial charge in [-0.2, -0.15) is 0 Å². The van der Waals surface area contributed by atoms with Crippen LogP contribution in [0.5, 0.6) is 5.75 Å². The molecule has 4 amide bonds. The second-order valence-electron chi connectivity index (χ2n) is 8.25. The molecule has 2 aliphatic rings. The van der Waals surface area contributed by atoms with Crippen molar-refractivity contribution >= 4 is 69.7 Å². The number of nitrogens with one attached hydrogen (secondary N) is 1. The molecule has 0 atom stereocenters. The molecule has 2 saturated heterocycles. The Hall–Kier alpha value is -3.05. The van der Waals surface area contributed by atoms with Gasteiger partial charge < -0.3 is 19.7 Å². The lowest BCUT2D eigenvalue weighted by atomic mass is 10.2. The molecule has 194 valence electrons. The molecular weight excluding hydrogens is 541 g/mol. The first kappa shape index (κ1) is 27.0. The Morgan fingerprint density at radius 3 is 2.57 bits per heavy atom. The molecule has 12 heteroatoms. The van der Waals surface area contributed by atoms with Gasteiger partial charge in [0.2, 0.25) is 5.91 Å². The average molecular weight is 564 g/mol. The number of aryl methyl sites for hydroxylation is 1. The number of carbonyl (C=O) groups excluding carboxylic acids is 4. The van der Waals surface area contributed by atoms with Crippen molar-refractivity contribution in [3.63, 3.8) is 0 Å². The summed E-state index contributed by atoms with van der Waals surface area (Å²) in [5, 5.41) is 2.95. The molecule has 0 spiro atoms. The Morgan fingerprint density at radius 2 is 1.86 bits per heavy atom. The minimum absolute atomic E-state index is 0.181. The molecule has 0 bridgehead atoms. The van der Waals surface area contributed by atoms with Gasteiger partial charge in [-0.15, -0.1) is 0 Å². The molecule has 0 saturated carbocycles. The number of benzene rings is 2. The predicted molar refractivity (Wildman–Crippen MR) is 142 cm³/mol. The normalized spacial score (nSPS) is 16.9. The monoisotopic (exact) mass is 563 g/mol. The topological polar surface area (TPSA) is 105 Å². The van der Waals surface area contributed by atoms with Gasteiger partial charge in [0.1, 0.15) is 12.3 Å². The van der Waals surface area contributed by atoms with E-state index in [-0.39, 0.29) is 40.6 Å². The zero-order valence-corrected chi connectivity index (χ0v) is 22.1. The van der Waals surface area contributed by atoms with E-state index in [0.717, 1.165) is 22.2 Å². The third kappa shape index (κ3) is 6.84. The third-order valence-electron chi connectivity index (χ3n) is 5.60. The summed E-state index contributed by atoms with van der Waals surface area (Å²) in [6.07, 6.45) is 1.52. The largest absolute Gasteiger partial charge is 0.482 e. The van der Waals surface area contributed by atoms with Crippen LogP contribution in [0.2, 0.25) is 10.0 Å². The smallest absolute Gasteiger partial charge is 0.294 e. The molecule has 37 heavy (non-hydrogen) atoms. The number of carbonyl (C=O) groups is 4. The zero-order chi connectivity index (χ0) is 26.5. The summed E-state index contributed by atoms with van der Waals surface area (Å²) in [5.74, 6) is -0.952. The number of thioether (sulfide) groups is 1. The first-order valence-electron chi connectivity index (χ1n) is 11.3. The molecule has 1 N–H and O–H groups in total. The van der Waals surface area contributed by atoms with E-state index in [1.54, 1.807) is 41.3 Å². The molecule has 0 unspecified atom stereocenters. The van der Waals surface area contributed by atoms with Crippen molar-refractivity contribution in [2.75, 3.05) is 44.8 Å². The maximum atomic E-state index is 12.8. The van der Waals surface area contributed by atoms with Crippen LogP contribution in [0.1, 0.15) is 11.1 Å².